The number of halogens is 2. The van der Waals surface area contributed by atoms with Crippen molar-refractivity contribution in [3.63, 3.8) is 0 Å². The van der Waals surface area contributed by atoms with Gasteiger partial charge < -0.3 is 5.32 Å². The molecular weight excluding hydrogens is 460 g/mol. The number of piperidine rings is 2. The van der Waals surface area contributed by atoms with Crippen LogP contribution in [0, 0.1) is 11.6 Å². The summed E-state index contributed by atoms with van der Waals surface area (Å²) in [5.41, 5.74) is 1.04. The highest BCUT2D eigenvalue weighted by atomic mass is 32.2. The molecule has 0 radical (unpaired) electrons. The molecule has 1 N–H and O–H groups in total. The van der Waals surface area contributed by atoms with Gasteiger partial charge in [-0.1, -0.05) is 18.6 Å². The SMILES string of the molecule is CC1CCCCN1S(=O)(=O)c1cccc(C(=O)NC2CCN(Cc3ccc(F)c(F)c3)CC2)c1. The summed E-state index contributed by atoms with van der Waals surface area (Å²) in [5, 5.41) is 3.02. The molecule has 1 amide bonds. The highest BCUT2D eigenvalue weighted by Crippen LogP contribution is 2.26. The second kappa shape index (κ2) is 10.5. The second-order valence-electron chi connectivity index (χ2n) is 9.26. The number of benzene rings is 2. The summed E-state index contributed by atoms with van der Waals surface area (Å²) in [5.74, 6) is -1.99. The lowest BCUT2D eigenvalue weighted by Gasteiger charge is -2.33. The van der Waals surface area contributed by atoms with Gasteiger partial charge in [-0.3, -0.25) is 9.69 Å². The van der Waals surface area contributed by atoms with Crippen molar-refractivity contribution in [3.8, 4) is 0 Å². The Morgan fingerprint density at radius 2 is 1.76 bits per heavy atom. The van der Waals surface area contributed by atoms with E-state index in [0.717, 1.165) is 38.2 Å². The lowest BCUT2D eigenvalue weighted by Crippen LogP contribution is -2.44. The van der Waals surface area contributed by atoms with Crippen molar-refractivity contribution in [3.05, 3.63) is 65.2 Å². The van der Waals surface area contributed by atoms with Crippen molar-refractivity contribution in [2.75, 3.05) is 19.6 Å². The minimum Gasteiger partial charge on any atom is -0.349 e. The van der Waals surface area contributed by atoms with E-state index in [2.05, 4.69) is 10.2 Å². The maximum absolute atomic E-state index is 13.4. The van der Waals surface area contributed by atoms with Crippen LogP contribution in [0.1, 0.15) is 54.9 Å². The number of rotatable bonds is 6. The number of sulfonamides is 1. The van der Waals surface area contributed by atoms with Crippen LogP contribution >= 0.6 is 0 Å². The minimum atomic E-state index is -3.65. The third kappa shape index (κ3) is 5.64. The molecule has 6 nitrogen and oxygen atoms in total. The average molecular weight is 492 g/mol. The summed E-state index contributed by atoms with van der Waals surface area (Å²) in [6.07, 6.45) is 4.15. The third-order valence-corrected chi connectivity index (χ3v) is 8.77. The molecule has 4 rings (SSSR count). The zero-order valence-electron chi connectivity index (χ0n) is 19.3. The van der Waals surface area contributed by atoms with Gasteiger partial charge in [-0.2, -0.15) is 4.31 Å². The molecule has 2 fully saturated rings. The molecule has 2 heterocycles. The Balaban J connectivity index is 1.34. The Hall–Kier alpha value is -2.36. The quantitative estimate of drug-likeness (QED) is 0.665. The molecular formula is C25H31F2N3O3S. The molecule has 1 atom stereocenters. The minimum absolute atomic E-state index is 0.0314. The molecule has 0 bridgehead atoms. The number of hydrogen-bond donors (Lipinski definition) is 1. The summed E-state index contributed by atoms with van der Waals surface area (Å²) in [6, 6.07) is 10.1. The Labute approximate surface area is 200 Å². The maximum Gasteiger partial charge on any atom is 0.251 e. The Morgan fingerprint density at radius 3 is 2.47 bits per heavy atom. The van der Waals surface area contributed by atoms with Gasteiger partial charge in [0.05, 0.1) is 4.90 Å². The van der Waals surface area contributed by atoms with E-state index in [0.29, 0.717) is 37.3 Å². The maximum atomic E-state index is 13.4. The van der Waals surface area contributed by atoms with Gasteiger partial charge in [0.2, 0.25) is 10.0 Å². The molecule has 2 aromatic carbocycles. The van der Waals surface area contributed by atoms with Crippen LogP contribution in [0.15, 0.2) is 47.4 Å². The fourth-order valence-electron chi connectivity index (χ4n) is 4.76. The molecule has 0 saturated carbocycles. The fourth-order valence-corrected chi connectivity index (χ4v) is 6.51. The predicted molar refractivity (Wildman–Crippen MR) is 126 cm³/mol. The van der Waals surface area contributed by atoms with Gasteiger partial charge in [-0.15, -0.1) is 0 Å². The lowest BCUT2D eigenvalue weighted by molar-refractivity contribution is 0.0908. The Bertz CT molecular complexity index is 1130. The summed E-state index contributed by atoms with van der Waals surface area (Å²) in [6.45, 7) is 4.37. The van der Waals surface area contributed by atoms with Gasteiger partial charge >= 0.3 is 0 Å². The first-order valence-corrected chi connectivity index (χ1v) is 13.3. The van der Waals surface area contributed by atoms with E-state index in [1.54, 1.807) is 24.3 Å². The van der Waals surface area contributed by atoms with Crippen LogP contribution in [0.25, 0.3) is 0 Å². The van der Waals surface area contributed by atoms with Gasteiger partial charge in [0.25, 0.3) is 5.91 Å². The van der Waals surface area contributed by atoms with Crippen LogP contribution in [0.5, 0.6) is 0 Å². The normalized spacial score (nSPS) is 20.9. The van der Waals surface area contributed by atoms with Gasteiger partial charge in [0.15, 0.2) is 11.6 Å². The van der Waals surface area contributed by atoms with E-state index in [9.17, 15) is 22.0 Å². The van der Waals surface area contributed by atoms with Crippen molar-refractivity contribution < 1.29 is 22.0 Å². The highest BCUT2D eigenvalue weighted by molar-refractivity contribution is 7.89. The molecule has 0 aliphatic carbocycles. The van der Waals surface area contributed by atoms with Crippen molar-refractivity contribution in [1.82, 2.24) is 14.5 Å². The van der Waals surface area contributed by atoms with Crippen molar-refractivity contribution in [1.29, 1.82) is 0 Å². The van der Waals surface area contributed by atoms with E-state index in [4.69, 9.17) is 0 Å². The molecule has 2 aliphatic rings. The zero-order valence-corrected chi connectivity index (χ0v) is 20.2. The molecule has 34 heavy (non-hydrogen) atoms. The van der Waals surface area contributed by atoms with E-state index in [-0.39, 0.29) is 22.9 Å². The smallest absolute Gasteiger partial charge is 0.251 e. The van der Waals surface area contributed by atoms with Gasteiger partial charge in [0, 0.05) is 43.8 Å². The largest absolute Gasteiger partial charge is 0.349 e. The first-order chi connectivity index (χ1) is 16.2. The van der Waals surface area contributed by atoms with Gasteiger partial charge in [0.1, 0.15) is 0 Å². The van der Waals surface area contributed by atoms with Crippen LogP contribution in [-0.2, 0) is 16.6 Å². The number of likely N-dealkylation sites (tertiary alicyclic amines) is 1. The summed E-state index contributed by atoms with van der Waals surface area (Å²) >= 11 is 0. The van der Waals surface area contributed by atoms with E-state index < -0.39 is 21.7 Å². The fraction of sp³-hybridized carbons (Fsp3) is 0.480. The molecule has 1 unspecified atom stereocenters. The molecule has 2 saturated heterocycles. The van der Waals surface area contributed by atoms with E-state index in [1.807, 2.05) is 6.92 Å². The lowest BCUT2D eigenvalue weighted by atomic mass is 10.0. The monoisotopic (exact) mass is 491 g/mol. The predicted octanol–water partition coefficient (Wildman–Crippen LogP) is 3.92. The van der Waals surface area contributed by atoms with Crippen molar-refractivity contribution in [2.45, 2.75) is 62.6 Å². The first-order valence-electron chi connectivity index (χ1n) is 11.8. The van der Waals surface area contributed by atoms with Gasteiger partial charge in [-0.05, 0) is 68.5 Å². The Kier molecular flexibility index (Phi) is 7.64. The number of hydrogen-bond acceptors (Lipinski definition) is 4. The van der Waals surface area contributed by atoms with Crippen LogP contribution in [0.2, 0.25) is 0 Å². The topological polar surface area (TPSA) is 69.7 Å². The number of carbonyl (C=O) groups is 1. The van der Waals surface area contributed by atoms with Crippen LogP contribution in [0.3, 0.4) is 0 Å². The average Bonchev–Trinajstić information content (AvgIpc) is 2.83. The number of nitrogens with zero attached hydrogens (tertiary/aromatic N) is 2. The standard InChI is InChI=1S/C25H31F2N3O3S/c1-18-5-2-3-12-30(18)34(32,33)22-7-4-6-20(16-22)25(31)28-21-10-13-29(14-11-21)17-19-8-9-23(26)24(27)15-19/h4,6-9,15-16,18,21H,2-3,5,10-14,17H2,1H3,(H,28,31). The summed E-state index contributed by atoms with van der Waals surface area (Å²) in [4.78, 5) is 15.2. The zero-order chi connectivity index (χ0) is 24.3. The van der Waals surface area contributed by atoms with Crippen LogP contribution in [0.4, 0.5) is 8.78 Å². The van der Waals surface area contributed by atoms with E-state index in [1.165, 1.54) is 16.4 Å². The first kappa shape index (κ1) is 24.8. The van der Waals surface area contributed by atoms with Crippen LogP contribution < -0.4 is 5.32 Å². The molecule has 0 aromatic heterocycles. The molecule has 184 valence electrons. The molecule has 0 spiro atoms. The second-order valence-corrected chi connectivity index (χ2v) is 11.2. The number of nitrogens with one attached hydrogen (secondary N) is 1. The van der Waals surface area contributed by atoms with Gasteiger partial charge in [-0.25, -0.2) is 17.2 Å². The van der Waals surface area contributed by atoms with Crippen molar-refractivity contribution >= 4 is 15.9 Å². The summed E-state index contributed by atoms with van der Waals surface area (Å²) in [7, 11) is -3.65. The molecule has 2 aliphatic heterocycles. The Morgan fingerprint density at radius 1 is 1.00 bits per heavy atom. The van der Waals surface area contributed by atoms with E-state index >= 15 is 0 Å². The number of carbonyl (C=O) groups excluding carboxylic acids is 1. The summed E-state index contributed by atoms with van der Waals surface area (Å²) < 4.78 is 54.4. The number of amides is 1. The molecule has 9 heteroatoms. The molecule has 2 aromatic rings. The third-order valence-electron chi connectivity index (χ3n) is 6.76. The van der Waals surface area contributed by atoms with Crippen LogP contribution in [-0.4, -0.2) is 55.2 Å². The highest BCUT2D eigenvalue weighted by Gasteiger charge is 2.31. The van der Waals surface area contributed by atoms with Crippen molar-refractivity contribution in [2.24, 2.45) is 0 Å².